The molecule has 0 bridgehead atoms. The summed E-state index contributed by atoms with van der Waals surface area (Å²) in [5.74, 6) is -0.239. The molecule has 0 aliphatic heterocycles. The van der Waals surface area contributed by atoms with Crippen molar-refractivity contribution >= 4 is 11.7 Å². The number of hydrogen-bond acceptors (Lipinski definition) is 7. The largest absolute Gasteiger partial charge is 0.465 e. The van der Waals surface area contributed by atoms with Gasteiger partial charge in [0.1, 0.15) is 11.9 Å². The van der Waals surface area contributed by atoms with E-state index in [4.69, 9.17) is 4.74 Å². The molecule has 3 aromatic carbocycles. The second-order valence-electron chi connectivity index (χ2n) is 8.41. The molecule has 0 saturated heterocycles. The zero-order chi connectivity index (χ0) is 24.4. The van der Waals surface area contributed by atoms with Gasteiger partial charge in [0.15, 0.2) is 5.82 Å². The Morgan fingerprint density at radius 1 is 1.17 bits per heavy atom. The molecule has 9 heteroatoms. The number of anilines is 1. The van der Waals surface area contributed by atoms with E-state index in [1.165, 1.54) is 19.2 Å². The minimum absolute atomic E-state index is 0.234. The van der Waals surface area contributed by atoms with Crippen molar-refractivity contribution in [2.45, 2.75) is 31.5 Å². The van der Waals surface area contributed by atoms with Crippen molar-refractivity contribution in [1.29, 1.82) is 0 Å². The first-order valence-corrected chi connectivity index (χ1v) is 11.3. The van der Waals surface area contributed by atoms with Gasteiger partial charge in [0, 0.05) is 11.3 Å². The predicted octanol–water partition coefficient (Wildman–Crippen LogP) is 4.29. The van der Waals surface area contributed by atoms with E-state index in [-0.39, 0.29) is 12.6 Å². The van der Waals surface area contributed by atoms with E-state index in [9.17, 15) is 14.3 Å². The van der Waals surface area contributed by atoms with Gasteiger partial charge in [0.2, 0.25) is 0 Å². The predicted molar refractivity (Wildman–Crippen MR) is 127 cm³/mol. The van der Waals surface area contributed by atoms with Crippen LogP contribution in [0.1, 0.15) is 52.2 Å². The lowest BCUT2D eigenvalue weighted by Crippen LogP contribution is -2.19. The molecule has 178 valence electrons. The van der Waals surface area contributed by atoms with E-state index in [0.29, 0.717) is 22.6 Å². The van der Waals surface area contributed by atoms with Crippen LogP contribution in [0.3, 0.4) is 0 Å². The lowest BCUT2D eigenvalue weighted by molar-refractivity contribution is 0.0601. The smallest absolute Gasteiger partial charge is 0.338 e. The molecular formula is C26H24FN5O3. The number of ether oxygens (including phenoxy) is 1. The maximum absolute atomic E-state index is 13.8. The van der Waals surface area contributed by atoms with Crippen molar-refractivity contribution in [3.05, 3.63) is 95.1 Å². The molecule has 1 unspecified atom stereocenters. The quantitative estimate of drug-likeness (QED) is 0.368. The number of rotatable bonds is 8. The minimum atomic E-state index is -0.494. The maximum atomic E-state index is 13.8. The SMILES string of the molecule is COC(=O)c1ccccc1-c1cccc(C(Nc2ccc(F)cc2CO)c2nnnn2C2CC2)c1. The maximum Gasteiger partial charge on any atom is 0.338 e. The number of esters is 1. The van der Waals surface area contributed by atoms with Crippen LogP contribution in [0.2, 0.25) is 0 Å². The highest BCUT2D eigenvalue weighted by Crippen LogP contribution is 2.38. The lowest BCUT2D eigenvalue weighted by Gasteiger charge is -2.22. The first-order chi connectivity index (χ1) is 17.1. The molecule has 0 spiro atoms. The van der Waals surface area contributed by atoms with Crippen molar-refractivity contribution in [2.24, 2.45) is 0 Å². The summed E-state index contributed by atoms with van der Waals surface area (Å²) in [5.41, 5.74) is 3.85. The second kappa shape index (κ2) is 9.63. The summed E-state index contributed by atoms with van der Waals surface area (Å²) in [6, 6.07) is 18.9. The molecule has 1 atom stereocenters. The van der Waals surface area contributed by atoms with E-state index in [2.05, 4.69) is 20.8 Å². The number of nitrogens with one attached hydrogen (secondary N) is 1. The monoisotopic (exact) mass is 473 g/mol. The molecule has 2 N–H and O–H groups in total. The number of methoxy groups -OCH3 is 1. The summed E-state index contributed by atoms with van der Waals surface area (Å²) in [6.07, 6.45) is 1.99. The zero-order valence-corrected chi connectivity index (χ0v) is 19.1. The van der Waals surface area contributed by atoms with Crippen molar-refractivity contribution in [3.8, 4) is 11.1 Å². The number of tetrazole rings is 1. The third-order valence-corrected chi connectivity index (χ3v) is 6.07. The summed E-state index contributed by atoms with van der Waals surface area (Å²) < 4.78 is 20.6. The third kappa shape index (κ3) is 4.63. The first kappa shape index (κ1) is 22.7. The van der Waals surface area contributed by atoms with Crippen LogP contribution in [0, 0.1) is 5.82 Å². The van der Waals surface area contributed by atoms with Crippen LogP contribution in [0.25, 0.3) is 11.1 Å². The van der Waals surface area contributed by atoms with Crippen LogP contribution >= 0.6 is 0 Å². The fraction of sp³-hybridized carbons (Fsp3) is 0.231. The Morgan fingerprint density at radius 2 is 2.00 bits per heavy atom. The molecule has 1 saturated carbocycles. The van der Waals surface area contributed by atoms with Gasteiger partial charge in [-0.25, -0.2) is 13.9 Å². The Kier molecular flexibility index (Phi) is 6.24. The number of carbonyl (C=O) groups is 1. The topological polar surface area (TPSA) is 102 Å². The van der Waals surface area contributed by atoms with Gasteiger partial charge in [-0.2, -0.15) is 0 Å². The fourth-order valence-electron chi connectivity index (χ4n) is 4.16. The van der Waals surface area contributed by atoms with E-state index in [1.54, 1.807) is 18.2 Å². The van der Waals surface area contributed by atoms with Gasteiger partial charge in [-0.15, -0.1) is 5.10 Å². The number of hydrogen-bond donors (Lipinski definition) is 2. The van der Waals surface area contributed by atoms with Gasteiger partial charge < -0.3 is 15.2 Å². The van der Waals surface area contributed by atoms with Crippen molar-refractivity contribution in [3.63, 3.8) is 0 Å². The molecule has 5 rings (SSSR count). The number of halogens is 1. The number of benzene rings is 3. The van der Waals surface area contributed by atoms with Crippen molar-refractivity contribution < 1.29 is 19.0 Å². The van der Waals surface area contributed by atoms with Crippen molar-refractivity contribution in [2.75, 3.05) is 12.4 Å². The summed E-state index contributed by atoms with van der Waals surface area (Å²) >= 11 is 0. The highest BCUT2D eigenvalue weighted by atomic mass is 19.1. The van der Waals surface area contributed by atoms with Crippen LogP contribution in [-0.4, -0.2) is 38.4 Å². The number of aromatic nitrogens is 4. The molecule has 1 aliphatic carbocycles. The summed E-state index contributed by atoms with van der Waals surface area (Å²) in [5, 5.41) is 25.6. The first-order valence-electron chi connectivity index (χ1n) is 11.3. The van der Waals surface area contributed by atoms with Gasteiger partial charge in [0.25, 0.3) is 0 Å². The van der Waals surface area contributed by atoms with Gasteiger partial charge in [-0.3, -0.25) is 0 Å². The van der Waals surface area contributed by atoms with E-state index >= 15 is 0 Å². The fourth-order valence-corrected chi connectivity index (χ4v) is 4.16. The lowest BCUT2D eigenvalue weighted by atomic mass is 9.95. The van der Waals surface area contributed by atoms with E-state index < -0.39 is 17.8 Å². The van der Waals surface area contributed by atoms with Crippen LogP contribution in [0.5, 0.6) is 0 Å². The number of carbonyl (C=O) groups excluding carboxylic acids is 1. The molecular weight excluding hydrogens is 449 g/mol. The molecule has 0 amide bonds. The second-order valence-corrected chi connectivity index (χ2v) is 8.41. The molecule has 8 nitrogen and oxygen atoms in total. The van der Waals surface area contributed by atoms with Crippen LogP contribution in [0.15, 0.2) is 66.7 Å². The summed E-state index contributed by atoms with van der Waals surface area (Å²) in [6.45, 7) is -0.326. The molecule has 1 aromatic heterocycles. The molecule has 35 heavy (non-hydrogen) atoms. The normalized spacial score (nSPS) is 13.9. The van der Waals surface area contributed by atoms with Gasteiger partial charge >= 0.3 is 5.97 Å². The molecule has 0 radical (unpaired) electrons. The van der Waals surface area contributed by atoms with E-state index in [0.717, 1.165) is 29.5 Å². The highest BCUT2D eigenvalue weighted by Gasteiger charge is 2.32. The average Bonchev–Trinajstić information content (AvgIpc) is 3.64. The number of aliphatic hydroxyl groups excluding tert-OH is 1. The Labute approximate surface area is 201 Å². The average molecular weight is 474 g/mol. The Balaban J connectivity index is 1.61. The summed E-state index contributed by atoms with van der Waals surface area (Å²) in [4.78, 5) is 12.4. The summed E-state index contributed by atoms with van der Waals surface area (Å²) in [7, 11) is 1.36. The zero-order valence-electron chi connectivity index (χ0n) is 19.1. The van der Waals surface area contributed by atoms with Crippen LogP contribution < -0.4 is 5.32 Å². The van der Waals surface area contributed by atoms with Crippen LogP contribution in [0.4, 0.5) is 10.1 Å². The van der Waals surface area contributed by atoms with Gasteiger partial charge in [-0.05, 0) is 70.3 Å². The number of aliphatic hydroxyl groups is 1. The molecule has 1 fully saturated rings. The number of nitrogens with zero attached hydrogens (tertiary/aromatic N) is 4. The Hall–Kier alpha value is -4.11. The van der Waals surface area contributed by atoms with Gasteiger partial charge in [-0.1, -0.05) is 36.4 Å². The molecule has 1 aliphatic rings. The van der Waals surface area contributed by atoms with Gasteiger partial charge in [0.05, 0.1) is 25.3 Å². The molecule has 4 aromatic rings. The minimum Gasteiger partial charge on any atom is -0.465 e. The highest BCUT2D eigenvalue weighted by molar-refractivity contribution is 5.97. The van der Waals surface area contributed by atoms with E-state index in [1.807, 2.05) is 41.1 Å². The van der Waals surface area contributed by atoms with Crippen LogP contribution in [-0.2, 0) is 11.3 Å². The third-order valence-electron chi connectivity index (χ3n) is 6.07. The Bertz CT molecular complexity index is 1370. The molecule has 1 heterocycles. The standard InChI is InChI=1S/C26H24FN5O3/c1-35-26(34)22-8-3-2-7-21(22)16-5-4-6-17(13-16)24(25-29-30-31-32(25)20-10-11-20)28-23-12-9-19(27)14-18(23)15-33/h2-9,12-14,20,24,28,33H,10-11,15H2,1H3. The Morgan fingerprint density at radius 3 is 2.77 bits per heavy atom. The van der Waals surface area contributed by atoms with Crippen molar-refractivity contribution in [1.82, 2.24) is 20.2 Å².